The van der Waals surface area contributed by atoms with Crippen LogP contribution >= 0.6 is 0 Å². The Morgan fingerprint density at radius 2 is 1.51 bits per heavy atom. The Morgan fingerprint density at radius 3 is 2.06 bits per heavy atom. The van der Waals surface area contributed by atoms with E-state index >= 15 is 0 Å². The number of nitrogens with one attached hydrogen (secondary N) is 1. The van der Waals surface area contributed by atoms with Gasteiger partial charge in [0.05, 0.1) is 28.1 Å². The number of aliphatic hydroxyl groups is 1. The van der Waals surface area contributed by atoms with Gasteiger partial charge < -0.3 is 15.3 Å². The number of ketones is 1. The van der Waals surface area contributed by atoms with E-state index in [1.165, 1.54) is 17.9 Å². The third-order valence-electron chi connectivity index (χ3n) is 11.0. The molecule has 266 valence electrons. The second kappa shape index (κ2) is 15.1. The average molecular weight is 687 g/mol. The fourth-order valence-electron chi connectivity index (χ4n) is 7.43. The van der Waals surface area contributed by atoms with Crippen LogP contribution in [-0.4, -0.2) is 46.5 Å². The predicted octanol–water partition coefficient (Wildman–Crippen LogP) is 9.01. The van der Waals surface area contributed by atoms with Gasteiger partial charge in [-0.1, -0.05) is 107 Å². The molecule has 0 spiro atoms. The van der Waals surface area contributed by atoms with Crippen LogP contribution in [0.25, 0.3) is 5.57 Å². The van der Waals surface area contributed by atoms with Gasteiger partial charge >= 0.3 is 0 Å². The molecule has 0 aromatic heterocycles. The second-order valence-corrected chi connectivity index (χ2v) is 14.5. The molecule has 1 aliphatic heterocycles. The van der Waals surface area contributed by atoms with E-state index in [0.717, 1.165) is 49.2 Å². The lowest BCUT2D eigenvalue weighted by molar-refractivity contribution is -0.127. The zero-order chi connectivity index (χ0) is 36.3. The van der Waals surface area contributed by atoms with Gasteiger partial charge in [-0.15, -0.1) is 0 Å². The molecule has 8 nitrogen and oxygen atoms in total. The van der Waals surface area contributed by atoms with Gasteiger partial charge in [-0.2, -0.15) is 5.10 Å². The van der Waals surface area contributed by atoms with Crippen molar-refractivity contribution in [2.45, 2.75) is 85.6 Å². The van der Waals surface area contributed by atoms with Crippen molar-refractivity contribution in [2.75, 3.05) is 23.3 Å². The molecule has 51 heavy (non-hydrogen) atoms. The van der Waals surface area contributed by atoms with E-state index < -0.39 is 23.1 Å². The first-order valence-corrected chi connectivity index (χ1v) is 18.5. The first-order valence-electron chi connectivity index (χ1n) is 18.5. The largest absolute Gasteiger partial charge is 0.506 e. The van der Waals surface area contributed by atoms with Crippen LogP contribution in [0.5, 0.6) is 0 Å². The van der Waals surface area contributed by atoms with Crippen LogP contribution in [0.4, 0.5) is 11.4 Å². The summed E-state index contributed by atoms with van der Waals surface area (Å²) >= 11 is 0. The van der Waals surface area contributed by atoms with Crippen molar-refractivity contribution < 1.29 is 19.5 Å². The maximum absolute atomic E-state index is 14.6. The molecule has 0 radical (unpaired) electrons. The molecule has 0 atom stereocenters. The summed E-state index contributed by atoms with van der Waals surface area (Å²) in [7, 11) is 0. The van der Waals surface area contributed by atoms with E-state index in [2.05, 4.69) is 24.1 Å². The summed E-state index contributed by atoms with van der Waals surface area (Å²) in [5, 5.41) is 21.3. The van der Waals surface area contributed by atoms with E-state index in [1.807, 2.05) is 93.6 Å². The number of allylic oxidation sites excluding steroid dienone is 2. The molecule has 2 N–H and O–H groups in total. The summed E-state index contributed by atoms with van der Waals surface area (Å²) in [4.78, 5) is 44.5. The standard InChI is InChI=1S/C43H50N4O4/c1-6-43(4,5)42(51)44-34-27-31(46(7-2)8-3)24-25-32(34)35-39(48)37(40(35)49)36-33(26-23-28-17-15-16-18-28)45-47(41(36)50)38(29-19-11-9-12-20-29)30-21-13-10-14-22-30/h9-14,19-22,24-25,27-28,38,48H,6-8,15-18,23,26H2,1-5H3,(H,44,51). The molecule has 8 heteroatoms. The summed E-state index contributed by atoms with van der Waals surface area (Å²) < 4.78 is 0. The van der Waals surface area contributed by atoms with Crippen LogP contribution in [0.1, 0.15) is 102 Å². The van der Waals surface area contributed by atoms with Gasteiger partial charge in [0, 0.05) is 29.8 Å². The number of nitrogens with zero attached hydrogens (tertiary/aromatic N) is 3. The minimum absolute atomic E-state index is 0.00142. The first kappa shape index (κ1) is 35.8. The van der Waals surface area contributed by atoms with E-state index in [9.17, 15) is 19.5 Å². The summed E-state index contributed by atoms with van der Waals surface area (Å²) in [6.45, 7) is 11.4. The number of hydrogen-bond donors (Lipinski definition) is 2. The molecule has 0 unspecified atom stereocenters. The third-order valence-corrected chi connectivity index (χ3v) is 11.0. The number of carbonyl (C=O) groups is 3. The number of hydrazone groups is 1. The lowest BCUT2D eigenvalue weighted by Gasteiger charge is -2.29. The number of rotatable bonds is 13. The van der Waals surface area contributed by atoms with E-state index in [-0.39, 0.29) is 28.4 Å². The molecule has 1 saturated carbocycles. The van der Waals surface area contributed by atoms with Crippen LogP contribution in [0, 0.1) is 11.3 Å². The molecule has 3 aliphatic rings. The van der Waals surface area contributed by atoms with Crippen LogP contribution in [-0.2, 0) is 14.4 Å². The number of hydrogen-bond acceptors (Lipinski definition) is 6. The van der Waals surface area contributed by atoms with E-state index in [1.54, 1.807) is 6.07 Å². The molecule has 1 fully saturated rings. The number of amides is 2. The first-order chi connectivity index (χ1) is 24.6. The minimum atomic E-state index is -0.645. The average Bonchev–Trinajstić information content (AvgIpc) is 3.78. The van der Waals surface area contributed by atoms with Crippen LogP contribution in [0.15, 0.2) is 101 Å². The Bertz CT molecular complexity index is 1840. The molecular formula is C43H50N4O4. The van der Waals surface area contributed by atoms with Crippen LogP contribution in [0.3, 0.4) is 0 Å². The molecule has 1 heterocycles. The SMILES string of the molecule is CCN(CC)c1ccc(C2=C(O)C(=C3C(=O)N(C(c4ccccc4)c4ccccc4)N=C3CCC3CCCC3)C2=O)c(NC(=O)C(C)(C)CC)c1. The lowest BCUT2D eigenvalue weighted by atomic mass is 9.78. The third kappa shape index (κ3) is 7.01. The van der Waals surface area contributed by atoms with Gasteiger partial charge in [-0.3, -0.25) is 14.4 Å². The highest BCUT2D eigenvalue weighted by atomic mass is 16.3. The number of Topliss-reactive ketones (excluding diaryl/α,β-unsaturated/α-hetero) is 1. The molecule has 2 aliphatic carbocycles. The maximum atomic E-state index is 14.6. The highest BCUT2D eigenvalue weighted by Crippen LogP contribution is 2.45. The van der Waals surface area contributed by atoms with Crippen molar-refractivity contribution in [1.29, 1.82) is 0 Å². The Labute approximate surface area is 301 Å². The second-order valence-electron chi connectivity index (χ2n) is 14.5. The van der Waals surface area contributed by atoms with Crippen molar-refractivity contribution >= 4 is 40.3 Å². The quantitative estimate of drug-likeness (QED) is 0.175. The molecule has 3 aromatic rings. The molecule has 6 rings (SSSR count). The molecule has 2 amide bonds. The number of anilines is 2. The smallest absolute Gasteiger partial charge is 0.277 e. The summed E-state index contributed by atoms with van der Waals surface area (Å²) in [5.41, 5.74) is 3.73. The monoisotopic (exact) mass is 686 g/mol. The lowest BCUT2D eigenvalue weighted by Crippen LogP contribution is -2.33. The van der Waals surface area contributed by atoms with Crippen molar-refractivity contribution in [3.8, 4) is 0 Å². The van der Waals surface area contributed by atoms with Gasteiger partial charge in [0.25, 0.3) is 5.91 Å². The topological polar surface area (TPSA) is 102 Å². The Kier molecular flexibility index (Phi) is 10.6. The number of carbonyl (C=O) groups excluding carboxylic acids is 3. The van der Waals surface area contributed by atoms with Gasteiger partial charge in [0.15, 0.2) is 0 Å². The van der Waals surface area contributed by atoms with Gasteiger partial charge in [0.1, 0.15) is 11.8 Å². The van der Waals surface area contributed by atoms with Gasteiger partial charge in [-0.25, -0.2) is 5.01 Å². The summed E-state index contributed by atoms with van der Waals surface area (Å²) in [6, 6.07) is 24.6. The number of aliphatic hydroxyl groups excluding tert-OH is 1. The van der Waals surface area contributed by atoms with Crippen molar-refractivity contribution in [3.63, 3.8) is 0 Å². The van der Waals surface area contributed by atoms with E-state index in [0.29, 0.717) is 35.7 Å². The maximum Gasteiger partial charge on any atom is 0.277 e. The highest BCUT2D eigenvalue weighted by molar-refractivity contribution is 6.44. The fraction of sp³-hybridized carbons (Fsp3) is 0.395. The van der Waals surface area contributed by atoms with Gasteiger partial charge in [-0.05, 0) is 68.4 Å². The highest BCUT2D eigenvalue weighted by Gasteiger charge is 2.46. The van der Waals surface area contributed by atoms with Crippen LogP contribution in [0.2, 0.25) is 0 Å². The van der Waals surface area contributed by atoms with E-state index in [4.69, 9.17) is 5.10 Å². The summed E-state index contributed by atoms with van der Waals surface area (Å²) in [5.74, 6) is -0.706. The molecule has 0 bridgehead atoms. The van der Waals surface area contributed by atoms with Crippen molar-refractivity contribution in [2.24, 2.45) is 16.4 Å². The zero-order valence-corrected chi connectivity index (χ0v) is 30.5. The minimum Gasteiger partial charge on any atom is -0.506 e. The molecular weight excluding hydrogens is 636 g/mol. The normalized spacial score (nSPS) is 18.1. The Hall–Kier alpha value is -4.98. The summed E-state index contributed by atoms with van der Waals surface area (Å²) in [6.07, 6.45) is 6.72. The van der Waals surface area contributed by atoms with Crippen molar-refractivity contribution in [3.05, 3.63) is 112 Å². The fourth-order valence-corrected chi connectivity index (χ4v) is 7.43. The van der Waals surface area contributed by atoms with Crippen LogP contribution < -0.4 is 10.2 Å². The van der Waals surface area contributed by atoms with Crippen molar-refractivity contribution in [1.82, 2.24) is 5.01 Å². The predicted molar refractivity (Wildman–Crippen MR) is 204 cm³/mol. The number of benzene rings is 3. The zero-order valence-electron chi connectivity index (χ0n) is 30.5. The Morgan fingerprint density at radius 1 is 0.902 bits per heavy atom. The molecule has 0 saturated heterocycles. The molecule has 3 aromatic carbocycles. The Balaban J connectivity index is 1.45. The van der Waals surface area contributed by atoms with Gasteiger partial charge in [0.2, 0.25) is 11.7 Å².